The number of nitrogens with one attached hydrogen (secondary N) is 1. The maximum Gasteiger partial charge on any atom is 0.119 e. The molecule has 0 bridgehead atoms. The minimum Gasteiger partial charge on any atom is -0.497 e. The molecule has 24 heavy (non-hydrogen) atoms. The molecule has 1 unspecified atom stereocenters. The summed E-state index contributed by atoms with van der Waals surface area (Å²) in [5, 5.41) is 3.72. The van der Waals surface area contributed by atoms with Gasteiger partial charge in [0.15, 0.2) is 0 Å². The normalized spacial score (nSPS) is 12.5. The lowest BCUT2D eigenvalue weighted by Gasteiger charge is -2.26. The minimum absolute atomic E-state index is 0.0922. The summed E-state index contributed by atoms with van der Waals surface area (Å²) in [7, 11) is 1.73. The summed E-state index contributed by atoms with van der Waals surface area (Å²) in [4.78, 5) is 0. The monoisotopic (exact) mass is 326 g/mol. The Labute approximate surface area is 146 Å². The van der Waals surface area contributed by atoms with Crippen LogP contribution in [0.2, 0.25) is 0 Å². The molecule has 2 aromatic rings. The van der Waals surface area contributed by atoms with Crippen molar-refractivity contribution in [1.82, 2.24) is 0 Å². The minimum atomic E-state index is 0.0922. The number of rotatable bonds is 7. The van der Waals surface area contributed by atoms with Crippen LogP contribution in [0.5, 0.6) is 5.75 Å². The van der Waals surface area contributed by atoms with E-state index in [9.17, 15) is 0 Å². The highest BCUT2D eigenvalue weighted by molar-refractivity contribution is 5.64. The molecule has 0 aliphatic heterocycles. The zero-order valence-electron chi connectivity index (χ0n) is 15.5. The quantitative estimate of drug-likeness (QED) is 0.748. The van der Waals surface area contributed by atoms with E-state index in [1.165, 1.54) is 22.4 Å². The lowest BCUT2D eigenvalue weighted by atomic mass is 9.91. The molecule has 3 N–H and O–H groups in total. The van der Waals surface area contributed by atoms with Gasteiger partial charge >= 0.3 is 0 Å². The van der Waals surface area contributed by atoms with E-state index in [1.807, 2.05) is 6.07 Å². The second-order valence-electron chi connectivity index (χ2n) is 6.83. The van der Waals surface area contributed by atoms with Crippen molar-refractivity contribution in [2.24, 2.45) is 5.73 Å². The molecular formula is C21H30N2O. The molecule has 0 aliphatic carbocycles. The van der Waals surface area contributed by atoms with Crippen LogP contribution < -0.4 is 15.8 Å². The smallest absolute Gasteiger partial charge is 0.119 e. The van der Waals surface area contributed by atoms with Crippen molar-refractivity contribution in [1.29, 1.82) is 0 Å². The molecule has 0 aromatic heterocycles. The number of hydrogen-bond acceptors (Lipinski definition) is 3. The molecule has 0 saturated carbocycles. The molecule has 0 aliphatic rings. The van der Waals surface area contributed by atoms with Crippen LogP contribution in [0.15, 0.2) is 42.5 Å². The second kappa shape index (κ2) is 8.20. The molecule has 130 valence electrons. The van der Waals surface area contributed by atoms with Gasteiger partial charge in [0.25, 0.3) is 0 Å². The standard InChI is InChI=1S/C21H30N2O/c1-14(2)18-11-17(24-5)12-19(15(3)4)21(18)23-20(13-22)16-9-7-6-8-10-16/h6-12,14-15,20,23H,13,22H2,1-5H3. The Morgan fingerprint density at radius 2 is 1.50 bits per heavy atom. The van der Waals surface area contributed by atoms with Gasteiger partial charge in [0, 0.05) is 12.2 Å². The maximum atomic E-state index is 6.07. The van der Waals surface area contributed by atoms with E-state index >= 15 is 0 Å². The van der Waals surface area contributed by atoms with Gasteiger partial charge in [0.1, 0.15) is 5.75 Å². The summed E-state index contributed by atoms with van der Waals surface area (Å²) in [6.45, 7) is 9.40. The molecule has 0 heterocycles. The highest BCUT2D eigenvalue weighted by atomic mass is 16.5. The lowest BCUT2D eigenvalue weighted by Crippen LogP contribution is -2.22. The first-order valence-corrected chi connectivity index (χ1v) is 8.71. The Morgan fingerprint density at radius 3 is 1.92 bits per heavy atom. The van der Waals surface area contributed by atoms with E-state index in [0.29, 0.717) is 18.4 Å². The first-order chi connectivity index (χ1) is 11.5. The van der Waals surface area contributed by atoms with Crippen LogP contribution in [-0.4, -0.2) is 13.7 Å². The lowest BCUT2D eigenvalue weighted by molar-refractivity contribution is 0.413. The highest BCUT2D eigenvalue weighted by Crippen LogP contribution is 2.38. The predicted octanol–water partition coefficient (Wildman–Crippen LogP) is 5.05. The molecule has 3 heteroatoms. The third-order valence-electron chi connectivity index (χ3n) is 4.41. The van der Waals surface area contributed by atoms with Gasteiger partial charge in [0.05, 0.1) is 13.2 Å². The first kappa shape index (κ1) is 18.3. The summed E-state index contributed by atoms with van der Waals surface area (Å²) in [5.74, 6) is 1.71. The van der Waals surface area contributed by atoms with Gasteiger partial charge in [0.2, 0.25) is 0 Å². The summed E-state index contributed by atoms with van der Waals surface area (Å²) in [6, 6.07) is 14.8. The molecule has 0 spiro atoms. The van der Waals surface area contributed by atoms with Gasteiger partial charge in [-0.1, -0.05) is 58.0 Å². The number of anilines is 1. The van der Waals surface area contributed by atoms with Crippen molar-refractivity contribution in [3.05, 3.63) is 59.2 Å². The van der Waals surface area contributed by atoms with Gasteiger partial charge in [-0.05, 0) is 40.7 Å². The molecule has 1 atom stereocenters. The third-order valence-corrected chi connectivity index (χ3v) is 4.41. The summed E-state index contributed by atoms with van der Waals surface area (Å²) < 4.78 is 5.51. The van der Waals surface area contributed by atoms with E-state index in [2.05, 4.69) is 69.4 Å². The van der Waals surface area contributed by atoms with E-state index < -0.39 is 0 Å². The number of methoxy groups -OCH3 is 1. The van der Waals surface area contributed by atoms with Crippen LogP contribution in [0.1, 0.15) is 62.3 Å². The van der Waals surface area contributed by atoms with Gasteiger partial charge in [-0.2, -0.15) is 0 Å². The Bertz CT molecular complexity index is 621. The SMILES string of the molecule is COc1cc(C(C)C)c(NC(CN)c2ccccc2)c(C(C)C)c1. The highest BCUT2D eigenvalue weighted by Gasteiger charge is 2.19. The molecule has 2 rings (SSSR count). The van der Waals surface area contributed by atoms with Crippen molar-refractivity contribution in [3.8, 4) is 5.75 Å². The number of nitrogens with two attached hydrogens (primary N) is 1. The first-order valence-electron chi connectivity index (χ1n) is 8.71. The fraction of sp³-hybridized carbons (Fsp3) is 0.429. The Morgan fingerprint density at radius 1 is 0.958 bits per heavy atom. The molecule has 0 saturated heterocycles. The molecule has 3 nitrogen and oxygen atoms in total. The largest absolute Gasteiger partial charge is 0.497 e. The number of benzene rings is 2. The van der Waals surface area contributed by atoms with Gasteiger partial charge in [-0.3, -0.25) is 0 Å². The van der Waals surface area contributed by atoms with Crippen LogP contribution in [0.25, 0.3) is 0 Å². The molecule has 0 radical (unpaired) electrons. The molecular weight excluding hydrogens is 296 g/mol. The van der Waals surface area contributed by atoms with Crippen LogP contribution in [0.3, 0.4) is 0 Å². The summed E-state index contributed by atoms with van der Waals surface area (Å²) in [6.07, 6.45) is 0. The number of hydrogen-bond donors (Lipinski definition) is 2. The van der Waals surface area contributed by atoms with Crippen LogP contribution in [0, 0.1) is 0 Å². The topological polar surface area (TPSA) is 47.3 Å². The summed E-state index contributed by atoms with van der Waals surface area (Å²) >= 11 is 0. The number of ether oxygens (including phenoxy) is 1. The van der Waals surface area contributed by atoms with E-state index in [4.69, 9.17) is 10.5 Å². The summed E-state index contributed by atoms with van der Waals surface area (Å²) in [5.41, 5.74) is 11.0. The van der Waals surface area contributed by atoms with Crippen molar-refractivity contribution < 1.29 is 4.74 Å². The molecule has 2 aromatic carbocycles. The van der Waals surface area contributed by atoms with Crippen molar-refractivity contribution >= 4 is 5.69 Å². The van der Waals surface area contributed by atoms with Crippen LogP contribution in [0.4, 0.5) is 5.69 Å². The van der Waals surface area contributed by atoms with Gasteiger partial charge < -0.3 is 15.8 Å². The second-order valence-corrected chi connectivity index (χ2v) is 6.83. The van der Waals surface area contributed by atoms with Crippen LogP contribution in [-0.2, 0) is 0 Å². The maximum absolute atomic E-state index is 6.07. The third kappa shape index (κ3) is 4.09. The fourth-order valence-corrected chi connectivity index (χ4v) is 2.99. The van der Waals surface area contributed by atoms with E-state index in [1.54, 1.807) is 7.11 Å². The fourth-order valence-electron chi connectivity index (χ4n) is 2.99. The Kier molecular flexibility index (Phi) is 6.27. The average molecular weight is 326 g/mol. The Balaban J connectivity index is 2.50. The average Bonchev–Trinajstić information content (AvgIpc) is 2.59. The van der Waals surface area contributed by atoms with Crippen molar-refractivity contribution in [2.75, 3.05) is 19.0 Å². The zero-order valence-corrected chi connectivity index (χ0v) is 15.5. The van der Waals surface area contributed by atoms with Gasteiger partial charge in [-0.25, -0.2) is 0 Å². The van der Waals surface area contributed by atoms with Crippen LogP contribution >= 0.6 is 0 Å². The van der Waals surface area contributed by atoms with Crippen molar-refractivity contribution in [3.63, 3.8) is 0 Å². The van der Waals surface area contributed by atoms with E-state index in [0.717, 1.165) is 5.75 Å². The zero-order chi connectivity index (χ0) is 17.7. The van der Waals surface area contributed by atoms with Crippen molar-refractivity contribution in [2.45, 2.75) is 45.6 Å². The molecule has 0 amide bonds. The van der Waals surface area contributed by atoms with Gasteiger partial charge in [-0.15, -0.1) is 0 Å². The predicted molar refractivity (Wildman–Crippen MR) is 103 cm³/mol. The Hall–Kier alpha value is -2.00. The van der Waals surface area contributed by atoms with E-state index in [-0.39, 0.29) is 6.04 Å². The molecule has 0 fully saturated rings.